The van der Waals surface area contributed by atoms with Crippen molar-refractivity contribution in [1.29, 1.82) is 0 Å². The van der Waals surface area contributed by atoms with Gasteiger partial charge in [-0.3, -0.25) is 4.79 Å². The molecule has 1 amide bonds. The van der Waals surface area contributed by atoms with Crippen molar-refractivity contribution in [2.24, 2.45) is 5.73 Å². The predicted octanol–water partition coefficient (Wildman–Crippen LogP) is 2.85. The van der Waals surface area contributed by atoms with Crippen molar-refractivity contribution >= 4 is 29.1 Å². The van der Waals surface area contributed by atoms with E-state index in [1.807, 2.05) is 6.92 Å². The van der Waals surface area contributed by atoms with Crippen LogP contribution in [-0.2, 0) is 0 Å². The molecule has 3 N–H and O–H groups in total. The Kier molecular flexibility index (Phi) is 5.75. The Morgan fingerprint density at radius 3 is 2.65 bits per heavy atom. The van der Waals surface area contributed by atoms with Crippen molar-refractivity contribution in [2.45, 2.75) is 25.8 Å². The Labute approximate surface area is 111 Å². The molecule has 0 aromatic heterocycles. The average Bonchev–Trinajstić information content (AvgIpc) is 2.31. The lowest BCUT2D eigenvalue weighted by atomic mass is 10.1. The lowest BCUT2D eigenvalue weighted by Crippen LogP contribution is -2.40. The van der Waals surface area contributed by atoms with Crippen molar-refractivity contribution in [3.63, 3.8) is 0 Å². The van der Waals surface area contributed by atoms with Gasteiger partial charge in [-0.15, -0.1) is 0 Å². The molecule has 0 saturated heterocycles. The maximum absolute atomic E-state index is 11.9. The van der Waals surface area contributed by atoms with Gasteiger partial charge < -0.3 is 11.1 Å². The Bertz CT molecular complexity index is 396. The van der Waals surface area contributed by atoms with Crippen LogP contribution >= 0.6 is 23.2 Å². The van der Waals surface area contributed by atoms with Crippen LogP contribution in [0.5, 0.6) is 0 Å². The molecule has 0 spiro atoms. The van der Waals surface area contributed by atoms with Gasteiger partial charge in [-0.05, 0) is 24.6 Å². The predicted molar refractivity (Wildman–Crippen MR) is 71.7 cm³/mol. The Morgan fingerprint density at radius 2 is 2.12 bits per heavy atom. The normalized spacial score (nSPS) is 12.2. The van der Waals surface area contributed by atoms with E-state index in [0.717, 1.165) is 12.8 Å². The smallest absolute Gasteiger partial charge is 0.251 e. The monoisotopic (exact) mass is 274 g/mol. The van der Waals surface area contributed by atoms with Crippen molar-refractivity contribution < 1.29 is 4.79 Å². The summed E-state index contributed by atoms with van der Waals surface area (Å²) in [6, 6.07) is 4.81. The van der Waals surface area contributed by atoms with Crippen LogP contribution in [0.15, 0.2) is 18.2 Å². The van der Waals surface area contributed by atoms with Gasteiger partial charge in [-0.25, -0.2) is 0 Å². The number of hydrogen-bond acceptors (Lipinski definition) is 2. The van der Waals surface area contributed by atoms with Gasteiger partial charge in [-0.1, -0.05) is 36.5 Å². The maximum Gasteiger partial charge on any atom is 0.251 e. The van der Waals surface area contributed by atoms with Gasteiger partial charge in [-0.2, -0.15) is 0 Å². The van der Waals surface area contributed by atoms with Gasteiger partial charge in [0, 0.05) is 18.2 Å². The van der Waals surface area contributed by atoms with E-state index < -0.39 is 0 Å². The summed E-state index contributed by atoms with van der Waals surface area (Å²) < 4.78 is 0. The first-order chi connectivity index (χ1) is 8.08. The molecule has 0 aliphatic rings. The molecular formula is C12H16Cl2N2O. The SMILES string of the molecule is CCCC(CN)NC(=O)c1ccc(Cl)c(Cl)c1. The van der Waals surface area contributed by atoms with Crippen LogP contribution in [0.25, 0.3) is 0 Å². The molecule has 1 atom stereocenters. The van der Waals surface area contributed by atoms with Crippen LogP contribution in [0.2, 0.25) is 10.0 Å². The number of benzene rings is 1. The molecule has 3 nitrogen and oxygen atoms in total. The summed E-state index contributed by atoms with van der Waals surface area (Å²) in [4.78, 5) is 11.9. The van der Waals surface area contributed by atoms with Crippen LogP contribution in [0.1, 0.15) is 30.1 Å². The zero-order chi connectivity index (χ0) is 12.8. The van der Waals surface area contributed by atoms with Gasteiger partial charge in [0.1, 0.15) is 0 Å². The lowest BCUT2D eigenvalue weighted by molar-refractivity contribution is 0.0936. The third kappa shape index (κ3) is 4.19. The highest BCUT2D eigenvalue weighted by Crippen LogP contribution is 2.22. The lowest BCUT2D eigenvalue weighted by Gasteiger charge is -2.16. The Balaban J connectivity index is 2.72. The topological polar surface area (TPSA) is 55.1 Å². The van der Waals surface area contributed by atoms with Gasteiger partial charge in [0.05, 0.1) is 10.0 Å². The van der Waals surface area contributed by atoms with E-state index in [-0.39, 0.29) is 11.9 Å². The zero-order valence-corrected chi connectivity index (χ0v) is 11.2. The van der Waals surface area contributed by atoms with Gasteiger partial charge in [0.15, 0.2) is 0 Å². The molecule has 0 aliphatic heterocycles. The number of hydrogen-bond donors (Lipinski definition) is 2. The largest absolute Gasteiger partial charge is 0.348 e. The number of nitrogens with one attached hydrogen (secondary N) is 1. The van der Waals surface area contributed by atoms with E-state index in [9.17, 15) is 4.79 Å². The third-order valence-corrected chi connectivity index (χ3v) is 3.18. The quantitative estimate of drug-likeness (QED) is 0.868. The second kappa shape index (κ2) is 6.84. The van der Waals surface area contributed by atoms with Crippen LogP contribution in [-0.4, -0.2) is 18.5 Å². The highest BCUT2D eigenvalue weighted by atomic mass is 35.5. The van der Waals surface area contributed by atoms with E-state index in [1.165, 1.54) is 0 Å². The summed E-state index contributed by atoms with van der Waals surface area (Å²) in [6.45, 7) is 2.48. The maximum atomic E-state index is 11.9. The summed E-state index contributed by atoms with van der Waals surface area (Å²) in [6.07, 6.45) is 1.84. The molecule has 0 fully saturated rings. The molecule has 5 heteroatoms. The van der Waals surface area contributed by atoms with Gasteiger partial charge in [0.25, 0.3) is 5.91 Å². The van der Waals surface area contributed by atoms with Crippen LogP contribution in [0.3, 0.4) is 0 Å². The molecule has 1 unspecified atom stereocenters. The van der Waals surface area contributed by atoms with Crippen LogP contribution in [0.4, 0.5) is 0 Å². The number of amides is 1. The summed E-state index contributed by atoms with van der Waals surface area (Å²) in [5.74, 6) is -0.174. The minimum atomic E-state index is -0.174. The third-order valence-electron chi connectivity index (χ3n) is 2.44. The minimum absolute atomic E-state index is 0.00181. The highest BCUT2D eigenvalue weighted by Gasteiger charge is 2.12. The van der Waals surface area contributed by atoms with Crippen molar-refractivity contribution in [3.8, 4) is 0 Å². The average molecular weight is 275 g/mol. The number of carbonyl (C=O) groups excluding carboxylic acids is 1. The van der Waals surface area contributed by atoms with E-state index in [2.05, 4.69) is 5.32 Å². The molecule has 0 saturated carbocycles. The summed E-state index contributed by atoms with van der Waals surface area (Å²) in [5.41, 5.74) is 6.07. The second-order valence-electron chi connectivity index (χ2n) is 3.82. The first-order valence-electron chi connectivity index (χ1n) is 5.54. The van der Waals surface area contributed by atoms with Crippen LogP contribution in [0, 0.1) is 0 Å². The van der Waals surface area contributed by atoms with E-state index in [0.29, 0.717) is 22.2 Å². The zero-order valence-electron chi connectivity index (χ0n) is 9.67. The van der Waals surface area contributed by atoms with Crippen molar-refractivity contribution in [3.05, 3.63) is 33.8 Å². The van der Waals surface area contributed by atoms with Crippen LogP contribution < -0.4 is 11.1 Å². The van der Waals surface area contributed by atoms with E-state index >= 15 is 0 Å². The van der Waals surface area contributed by atoms with E-state index in [1.54, 1.807) is 18.2 Å². The highest BCUT2D eigenvalue weighted by molar-refractivity contribution is 6.42. The number of nitrogens with two attached hydrogens (primary N) is 1. The summed E-state index contributed by atoms with van der Waals surface area (Å²) in [7, 11) is 0. The standard InChI is InChI=1S/C12H16Cl2N2O/c1-2-3-9(7-15)16-12(17)8-4-5-10(13)11(14)6-8/h4-6,9H,2-3,7,15H2,1H3,(H,16,17). The number of carbonyl (C=O) groups is 1. The second-order valence-corrected chi connectivity index (χ2v) is 4.64. The molecule has 1 aromatic rings. The fourth-order valence-corrected chi connectivity index (χ4v) is 1.80. The minimum Gasteiger partial charge on any atom is -0.348 e. The van der Waals surface area contributed by atoms with Gasteiger partial charge >= 0.3 is 0 Å². The molecule has 0 bridgehead atoms. The molecule has 1 aromatic carbocycles. The van der Waals surface area contributed by atoms with E-state index in [4.69, 9.17) is 28.9 Å². The molecule has 94 valence electrons. The van der Waals surface area contributed by atoms with Crippen molar-refractivity contribution in [1.82, 2.24) is 5.32 Å². The first kappa shape index (κ1) is 14.3. The Morgan fingerprint density at radius 1 is 1.41 bits per heavy atom. The molecule has 17 heavy (non-hydrogen) atoms. The molecule has 0 aliphatic carbocycles. The molecule has 1 rings (SSSR count). The van der Waals surface area contributed by atoms with Gasteiger partial charge in [0.2, 0.25) is 0 Å². The molecular weight excluding hydrogens is 259 g/mol. The first-order valence-corrected chi connectivity index (χ1v) is 6.30. The summed E-state index contributed by atoms with van der Waals surface area (Å²) >= 11 is 11.6. The van der Waals surface area contributed by atoms with Crippen molar-refractivity contribution in [2.75, 3.05) is 6.54 Å². The molecule has 0 radical (unpaired) electrons. The fraction of sp³-hybridized carbons (Fsp3) is 0.417. The summed E-state index contributed by atoms with van der Waals surface area (Å²) in [5, 5.41) is 3.68. The number of halogens is 2. The molecule has 0 heterocycles. The fourth-order valence-electron chi connectivity index (χ4n) is 1.50. The number of rotatable bonds is 5. The Hall–Kier alpha value is -0.770.